The normalized spacial score (nSPS) is 19.6. The van der Waals surface area contributed by atoms with Crippen LogP contribution in [0.25, 0.3) is 28.1 Å². The maximum Gasteiger partial charge on any atom is 0.231 e. The lowest BCUT2D eigenvalue weighted by Crippen LogP contribution is -2.45. The highest BCUT2D eigenvalue weighted by molar-refractivity contribution is 5.92. The van der Waals surface area contributed by atoms with E-state index in [4.69, 9.17) is 19.6 Å². The van der Waals surface area contributed by atoms with Crippen molar-refractivity contribution in [2.24, 2.45) is 5.73 Å². The Hall–Kier alpha value is -3.17. The summed E-state index contributed by atoms with van der Waals surface area (Å²) in [5, 5.41) is 5.48. The zero-order valence-electron chi connectivity index (χ0n) is 17.0. The molecule has 4 aromatic rings. The molecule has 0 amide bonds. The average Bonchev–Trinajstić information content (AvgIpc) is 3.34. The summed E-state index contributed by atoms with van der Waals surface area (Å²) in [4.78, 5) is 11.3. The minimum Gasteiger partial charge on any atom is -0.475 e. The largest absolute Gasteiger partial charge is 0.475 e. The molecular formula is C21H24N6O3. The summed E-state index contributed by atoms with van der Waals surface area (Å²) in [6, 6.07) is 7.51. The number of nitrogens with two attached hydrogens (primary N) is 1. The van der Waals surface area contributed by atoms with Gasteiger partial charge in [-0.2, -0.15) is 0 Å². The second-order valence-electron chi connectivity index (χ2n) is 7.54. The second kappa shape index (κ2) is 7.58. The summed E-state index contributed by atoms with van der Waals surface area (Å²) in [6.45, 7) is 6.56. The molecule has 9 heteroatoms. The molecule has 0 bridgehead atoms. The molecule has 2 atom stereocenters. The summed E-state index contributed by atoms with van der Waals surface area (Å²) >= 11 is 0. The molecular weight excluding hydrogens is 384 g/mol. The first-order chi connectivity index (χ1) is 14.6. The van der Waals surface area contributed by atoms with Crippen molar-refractivity contribution in [1.82, 2.24) is 19.6 Å². The van der Waals surface area contributed by atoms with Crippen LogP contribution in [0.15, 0.2) is 41.1 Å². The number of aromatic nitrogens is 4. The topological polar surface area (TPSA) is 104 Å². The van der Waals surface area contributed by atoms with Gasteiger partial charge in [-0.3, -0.25) is 0 Å². The number of rotatable bonds is 5. The first-order valence-corrected chi connectivity index (χ1v) is 10.1. The van der Waals surface area contributed by atoms with Crippen molar-refractivity contribution in [2.45, 2.75) is 26.1 Å². The Morgan fingerprint density at radius 1 is 1.17 bits per heavy atom. The summed E-state index contributed by atoms with van der Waals surface area (Å²) in [5.74, 6) is 2.06. The number of hydrogen-bond acceptors (Lipinski definition) is 8. The zero-order valence-corrected chi connectivity index (χ0v) is 17.0. The van der Waals surface area contributed by atoms with Crippen LogP contribution in [-0.2, 0) is 4.74 Å². The summed E-state index contributed by atoms with van der Waals surface area (Å²) < 4.78 is 19.3. The van der Waals surface area contributed by atoms with Gasteiger partial charge < -0.3 is 24.5 Å². The van der Waals surface area contributed by atoms with Crippen molar-refractivity contribution in [1.29, 1.82) is 0 Å². The predicted octanol–water partition coefficient (Wildman–Crippen LogP) is 2.49. The van der Waals surface area contributed by atoms with Gasteiger partial charge in [-0.05, 0) is 32.0 Å². The van der Waals surface area contributed by atoms with Crippen LogP contribution in [0.1, 0.15) is 13.8 Å². The fraction of sp³-hybridized carbons (Fsp3) is 0.381. The molecule has 0 saturated carbocycles. The number of anilines is 1. The molecule has 156 valence electrons. The lowest BCUT2D eigenvalue weighted by atomic mass is 10.2. The minimum absolute atomic E-state index is 0.145. The quantitative estimate of drug-likeness (QED) is 0.537. The molecule has 2 unspecified atom stereocenters. The highest BCUT2D eigenvalue weighted by Crippen LogP contribution is 2.34. The van der Waals surface area contributed by atoms with Crippen LogP contribution in [0.2, 0.25) is 0 Å². The predicted molar refractivity (Wildman–Crippen MR) is 113 cm³/mol. The van der Waals surface area contributed by atoms with Crippen LogP contribution in [0.4, 0.5) is 5.82 Å². The number of morpholine rings is 1. The fourth-order valence-electron chi connectivity index (χ4n) is 3.94. The van der Waals surface area contributed by atoms with Gasteiger partial charge in [0, 0.05) is 31.9 Å². The Morgan fingerprint density at radius 2 is 2.00 bits per heavy atom. The Morgan fingerprint density at radius 3 is 2.80 bits per heavy atom. The van der Waals surface area contributed by atoms with Crippen LogP contribution >= 0.6 is 0 Å². The van der Waals surface area contributed by atoms with E-state index < -0.39 is 0 Å². The molecule has 1 aliphatic rings. The van der Waals surface area contributed by atoms with Gasteiger partial charge in [0.25, 0.3) is 0 Å². The van der Waals surface area contributed by atoms with E-state index in [1.54, 1.807) is 23.0 Å². The summed E-state index contributed by atoms with van der Waals surface area (Å²) in [7, 11) is 0. The van der Waals surface area contributed by atoms with Crippen LogP contribution in [0.5, 0.6) is 5.88 Å². The monoisotopic (exact) mass is 408 g/mol. The summed E-state index contributed by atoms with van der Waals surface area (Å²) in [5.41, 5.74) is 7.74. The Balaban J connectivity index is 1.56. The van der Waals surface area contributed by atoms with E-state index >= 15 is 0 Å². The van der Waals surface area contributed by atoms with Gasteiger partial charge >= 0.3 is 0 Å². The average molecular weight is 408 g/mol. The molecule has 4 aromatic heterocycles. The van der Waals surface area contributed by atoms with E-state index in [0.717, 1.165) is 35.6 Å². The van der Waals surface area contributed by atoms with E-state index in [1.165, 1.54) is 0 Å². The number of pyridine rings is 1. The highest BCUT2D eigenvalue weighted by Gasteiger charge is 2.25. The number of nitrogens with zero attached hydrogens (tertiary/aromatic N) is 5. The molecule has 5 rings (SSSR count). The molecule has 2 N–H and O–H groups in total. The van der Waals surface area contributed by atoms with Crippen LogP contribution in [-0.4, -0.2) is 58.0 Å². The van der Waals surface area contributed by atoms with Gasteiger partial charge in [0.05, 0.1) is 23.8 Å². The van der Waals surface area contributed by atoms with Gasteiger partial charge in [-0.1, -0.05) is 0 Å². The van der Waals surface area contributed by atoms with Crippen molar-refractivity contribution >= 4 is 22.4 Å². The number of hydrogen-bond donors (Lipinski definition) is 1. The lowest BCUT2D eigenvalue weighted by molar-refractivity contribution is -0.00536. The second-order valence-corrected chi connectivity index (χ2v) is 7.54. The molecule has 0 radical (unpaired) electrons. The molecule has 0 aromatic carbocycles. The zero-order chi connectivity index (χ0) is 20.7. The molecule has 9 nitrogen and oxygen atoms in total. The number of furan rings is 1. The van der Waals surface area contributed by atoms with Crippen molar-refractivity contribution in [3.63, 3.8) is 0 Å². The maximum absolute atomic E-state index is 6.17. The maximum atomic E-state index is 6.17. The smallest absolute Gasteiger partial charge is 0.231 e. The van der Waals surface area contributed by atoms with Crippen LogP contribution < -0.4 is 15.4 Å². The molecule has 0 aliphatic carbocycles. The van der Waals surface area contributed by atoms with E-state index in [0.29, 0.717) is 30.4 Å². The van der Waals surface area contributed by atoms with Crippen LogP contribution in [0, 0.1) is 0 Å². The van der Waals surface area contributed by atoms with Gasteiger partial charge in [-0.25, -0.2) is 14.5 Å². The van der Waals surface area contributed by atoms with E-state index in [1.807, 2.05) is 18.2 Å². The number of imidazole rings is 1. The van der Waals surface area contributed by atoms with E-state index in [2.05, 4.69) is 33.8 Å². The SMILES string of the molecule is CC1CN(c2nccc3oc(-c4cnc5ccc(OCCN)nn45)cc23)CC(C)O1. The Kier molecular flexibility index (Phi) is 4.76. The molecule has 0 spiro atoms. The van der Waals surface area contributed by atoms with Gasteiger partial charge in [-0.15, -0.1) is 5.10 Å². The summed E-state index contributed by atoms with van der Waals surface area (Å²) in [6.07, 6.45) is 3.82. The van der Waals surface area contributed by atoms with Crippen molar-refractivity contribution < 1.29 is 13.9 Å². The first kappa shape index (κ1) is 18.8. The van der Waals surface area contributed by atoms with Gasteiger partial charge in [0.15, 0.2) is 11.4 Å². The third-order valence-electron chi connectivity index (χ3n) is 5.10. The van der Waals surface area contributed by atoms with Crippen LogP contribution in [0.3, 0.4) is 0 Å². The van der Waals surface area contributed by atoms with Crippen molar-refractivity contribution in [3.8, 4) is 17.3 Å². The first-order valence-electron chi connectivity index (χ1n) is 10.1. The third kappa shape index (κ3) is 3.35. The standard InChI is InChI=1S/C21H24N6O3/c1-13-11-26(12-14(2)29-13)21-15-9-18(30-17(15)5-7-23-21)16-10-24-19-3-4-20(25-27(16)19)28-8-6-22/h3-5,7,9-10,13-14H,6,8,11-12,22H2,1-2H3. The minimum atomic E-state index is 0.145. The lowest BCUT2D eigenvalue weighted by Gasteiger charge is -2.36. The highest BCUT2D eigenvalue weighted by atomic mass is 16.5. The van der Waals surface area contributed by atoms with E-state index in [-0.39, 0.29) is 12.2 Å². The van der Waals surface area contributed by atoms with Gasteiger partial charge in [0.2, 0.25) is 5.88 Å². The number of fused-ring (bicyclic) bond motifs is 2. The Bertz CT molecular complexity index is 1180. The van der Waals surface area contributed by atoms with E-state index in [9.17, 15) is 0 Å². The number of ether oxygens (including phenoxy) is 2. The van der Waals surface area contributed by atoms with Crippen molar-refractivity contribution in [3.05, 3.63) is 36.7 Å². The van der Waals surface area contributed by atoms with Gasteiger partial charge in [0.1, 0.15) is 23.7 Å². The molecule has 1 aliphatic heterocycles. The molecule has 1 saturated heterocycles. The molecule has 5 heterocycles. The molecule has 30 heavy (non-hydrogen) atoms. The fourth-order valence-corrected chi connectivity index (χ4v) is 3.94. The Labute approximate surface area is 173 Å². The third-order valence-corrected chi connectivity index (χ3v) is 5.10. The van der Waals surface area contributed by atoms with Crippen molar-refractivity contribution in [2.75, 3.05) is 31.1 Å². The molecule has 1 fully saturated rings.